The lowest BCUT2D eigenvalue weighted by Gasteiger charge is -2.32. The van der Waals surface area contributed by atoms with Crippen molar-refractivity contribution in [2.45, 2.75) is 46.3 Å². The minimum absolute atomic E-state index is 0.0972. The number of carbonyl (C=O) groups excluding carboxylic acids is 2. The first-order valence-corrected chi connectivity index (χ1v) is 6.89. The van der Waals surface area contributed by atoms with Crippen LogP contribution in [0.1, 0.15) is 34.6 Å². The maximum Gasteiger partial charge on any atom is 0.415 e. The summed E-state index contributed by atoms with van der Waals surface area (Å²) in [5, 5.41) is 0. The van der Waals surface area contributed by atoms with Gasteiger partial charge in [-0.2, -0.15) is 0 Å². The Morgan fingerprint density at radius 1 is 1.24 bits per heavy atom. The lowest BCUT2D eigenvalue weighted by Crippen LogP contribution is -2.47. The molecule has 0 N–H and O–H groups in total. The summed E-state index contributed by atoms with van der Waals surface area (Å²) in [7, 11) is 0. The molecule has 0 aliphatic rings. The van der Waals surface area contributed by atoms with Gasteiger partial charge in [-0.1, -0.05) is 13.8 Å². The van der Waals surface area contributed by atoms with Crippen LogP contribution in [-0.2, 0) is 9.53 Å². The predicted molar refractivity (Wildman–Crippen MR) is 79.8 cm³/mol. The van der Waals surface area contributed by atoms with E-state index in [0.29, 0.717) is 12.0 Å². The van der Waals surface area contributed by atoms with Gasteiger partial charge in [0, 0.05) is 5.69 Å². The molecule has 0 radical (unpaired) electrons. The third kappa shape index (κ3) is 4.85. The Morgan fingerprint density at radius 3 is 2.14 bits per heavy atom. The highest BCUT2D eigenvalue weighted by Gasteiger charge is 2.31. The van der Waals surface area contributed by atoms with Crippen LogP contribution in [0.15, 0.2) is 24.3 Å². The Bertz CT molecular complexity index is 491. The molecule has 1 aromatic rings. The van der Waals surface area contributed by atoms with E-state index in [2.05, 4.69) is 0 Å². The van der Waals surface area contributed by atoms with Crippen LogP contribution in [0.2, 0.25) is 0 Å². The molecule has 0 bridgehead atoms. The van der Waals surface area contributed by atoms with Crippen LogP contribution in [0, 0.1) is 11.7 Å². The van der Waals surface area contributed by atoms with Crippen molar-refractivity contribution in [2.75, 3.05) is 4.90 Å². The van der Waals surface area contributed by atoms with E-state index < -0.39 is 23.6 Å². The van der Waals surface area contributed by atoms with Gasteiger partial charge in [0.05, 0.1) is 6.04 Å². The number of benzene rings is 1. The number of halogens is 1. The molecular formula is C16H22FNO3. The van der Waals surface area contributed by atoms with E-state index in [4.69, 9.17) is 4.74 Å². The number of anilines is 1. The van der Waals surface area contributed by atoms with Crippen molar-refractivity contribution < 1.29 is 18.7 Å². The van der Waals surface area contributed by atoms with E-state index in [1.165, 1.54) is 29.2 Å². The molecule has 4 nitrogen and oxygen atoms in total. The number of hydrogen-bond acceptors (Lipinski definition) is 3. The lowest BCUT2D eigenvalue weighted by atomic mass is 10.0. The van der Waals surface area contributed by atoms with Crippen LogP contribution >= 0.6 is 0 Å². The van der Waals surface area contributed by atoms with Crippen molar-refractivity contribution in [3.63, 3.8) is 0 Å². The lowest BCUT2D eigenvalue weighted by molar-refractivity contribution is -0.109. The van der Waals surface area contributed by atoms with Gasteiger partial charge in [-0.05, 0) is 51.0 Å². The van der Waals surface area contributed by atoms with Crippen molar-refractivity contribution in [2.24, 2.45) is 5.92 Å². The first-order valence-electron chi connectivity index (χ1n) is 6.89. The second-order valence-corrected chi connectivity index (χ2v) is 6.20. The molecule has 21 heavy (non-hydrogen) atoms. The van der Waals surface area contributed by atoms with E-state index in [1.807, 2.05) is 13.8 Å². The zero-order valence-electron chi connectivity index (χ0n) is 13.1. The number of nitrogens with zero attached hydrogens (tertiary/aromatic N) is 1. The predicted octanol–water partition coefficient (Wildman–Crippen LogP) is 3.79. The summed E-state index contributed by atoms with van der Waals surface area (Å²) in [6.07, 6.45) is 0.0812. The Balaban J connectivity index is 3.19. The summed E-state index contributed by atoms with van der Waals surface area (Å²) in [5.41, 5.74) is -0.254. The quantitative estimate of drug-likeness (QED) is 0.794. The van der Waals surface area contributed by atoms with Gasteiger partial charge in [0.1, 0.15) is 17.7 Å². The second kappa shape index (κ2) is 6.70. The Hall–Kier alpha value is -1.91. The smallest absolute Gasteiger partial charge is 0.415 e. The monoisotopic (exact) mass is 295 g/mol. The minimum Gasteiger partial charge on any atom is -0.443 e. The van der Waals surface area contributed by atoms with Crippen LogP contribution in [0.4, 0.5) is 14.9 Å². The first kappa shape index (κ1) is 17.1. The number of amides is 1. The summed E-state index contributed by atoms with van der Waals surface area (Å²) in [4.78, 5) is 25.0. The highest BCUT2D eigenvalue weighted by Crippen LogP contribution is 2.23. The number of ether oxygens (including phenoxy) is 1. The Morgan fingerprint density at radius 2 is 1.76 bits per heavy atom. The molecule has 0 spiro atoms. The Labute approximate surface area is 124 Å². The zero-order chi connectivity index (χ0) is 16.2. The third-order valence-corrected chi connectivity index (χ3v) is 2.82. The second-order valence-electron chi connectivity index (χ2n) is 6.20. The molecule has 0 aliphatic carbocycles. The first-order chi connectivity index (χ1) is 9.65. The van der Waals surface area contributed by atoms with Gasteiger partial charge < -0.3 is 9.53 Å². The van der Waals surface area contributed by atoms with Gasteiger partial charge in [-0.3, -0.25) is 4.90 Å². The van der Waals surface area contributed by atoms with Crippen molar-refractivity contribution in [3.05, 3.63) is 30.1 Å². The summed E-state index contributed by atoms with van der Waals surface area (Å²) in [6, 6.07) is 4.73. The maximum absolute atomic E-state index is 13.1. The molecule has 0 aliphatic heterocycles. The number of aldehydes is 1. The van der Waals surface area contributed by atoms with Crippen LogP contribution in [0.25, 0.3) is 0 Å². The molecule has 0 heterocycles. The maximum atomic E-state index is 13.1. The number of rotatable bonds is 4. The van der Waals surface area contributed by atoms with Crippen molar-refractivity contribution in [1.82, 2.24) is 0 Å². The van der Waals surface area contributed by atoms with Crippen LogP contribution in [0.5, 0.6) is 0 Å². The largest absolute Gasteiger partial charge is 0.443 e. The zero-order valence-corrected chi connectivity index (χ0v) is 13.1. The van der Waals surface area contributed by atoms with E-state index in [9.17, 15) is 14.0 Å². The standard InChI is InChI=1S/C16H22FNO3/c1-11(2)14(10-19)18(15(20)21-16(3,4)5)13-8-6-12(17)7-9-13/h6-11,14H,1-5H3. The van der Waals surface area contributed by atoms with Crippen molar-refractivity contribution >= 4 is 18.1 Å². The molecule has 0 fully saturated rings. The highest BCUT2D eigenvalue weighted by molar-refractivity contribution is 5.92. The van der Waals surface area contributed by atoms with Crippen LogP contribution < -0.4 is 4.90 Å². The number of hydrogen-bond donors (Lipinski definition) is 0. The fourth-order valence-corrected chi connectivity index (χ4v) is 1.83. The summed E-state index contributed by atoms with van der Waals surface area (Å²) in [5.74, 6) is -0.504. The normalized spacial score (nSPS) is 12.9. The average molecular weight is 295 g/mol. The molecular weight excluding hydrogens is 273 g/mol. The highest BCUT2D eigenvalue weighted by atomic mass is 19.1. The van der Waals surface area contributed by atoms with Gasteiger partial charge in [0.25, 0.3) is 0 Å². The van der Waals surface area contributed by atoms with Crippen molar-refractivity contribution in [1.29, 1.82) is 0 Å². The van der Waals surface area contributed by atoms with E-state index >= 15 is 0 Å². The minimum atomic E-state index is -0.681. The Kier molecular flexibility index (Phi) is 5.47. The van der Waals surface area contributed by atoms with Gasteiger partial charge in [-0.15, -0.1) is 0 Å². The molecule has 5 heteroatoms. The molecule has 116 valence electrons. The fraction of sp³-hybridized carbons (Fsp3) is 0.500. The molecule has 1 rings (SSSR count). The fourth-order valence-electron chi connectivity index (χ4n) is 1.83. The summed E-state index contributed by atoms with van der Waals surface area (Å²) >= 11 is 0. The van der Waals surface area contributed by atoms with E-state index in [-0.39, 0.29) is 5.92 Å². The number of carbonyl (C=O) groups is 2. The molecule has 0 aromatic heterocycles. The molecule has 1 atom stereocenters. The average Bonchev–Trinajstić information content (AvgIpc) is 2.34. The van der Waals surface area contributed by atoms with Crippen LogP contribution in [0.3, 0.4) is 0 Å². The van der Waals surface area contributed by atoms with Crippen LogP contribution in [-0.4, -0.2) is 24.0 Å². The molecule has 0 saturated carbocycles. The van der Waals surface area contributed by atoms with Gasteiger partial charge in [0.2, 0.25) is 0 Å². The summed E-state index contributed by atoms with van der Waals surface area (Å²) in [6.45, 7) is 8.91. The summed E-state index contributed by atoms with van der Waals surface area (Å²) < 4.78 is 18.4. The molecule has 1 amide bonds. The third-order valence-electron chi connectivity index (χ3n) is 2.82. The van der Waals surface area contributed by atoms with Gasteiger partial charge >= 0.3 is 6.09 Å². The molecule has 0 saturated heterocycles. The molecule has 1 unspecified atom stereocenters. The van der Waals surface area contributed by atoms with Crippen molar-refractivity contribution in [3.8, 4) is 0 Å². The van der Waals surface area contributed by atoms with Gasteiger partial charge in [0.15, 0.2) is 0 Å². The topological polar surface area (TPSA) is 46.6 Å². The molecule has 1 aromatic carbocycles. The SMILES string of the molecule is CC(C)C(C=O)N(C(=O)OC(C)(C)C)c1ccc(F)cc1. The van der Waals surface area contributed by atoms with Gasteiger partial charge in [-0.25, -0.2) is 9.18 Å². The van der Waals surface area contributed by atoms with E-state index in [0.717, 1.165) is 0 Å². The van der Waals surface area contributed by atoms with E-state index in [1.54, 1.807) is 20.8 Å².